The fourth-order valence-corrected chi connectivity index (χ4v) is 2.55. The minimum atomic E-state index is 0.300. The summed E-state index contributed by atoms with van der Waals surface area (Å²) >= 11 is 3.50. The van der Waals surface area contributed by atoms with Crippen LogP contribution in [0.15, 0.2) is 22.7 Å². The molecule has 1 fully saturated rings. The Hall–Kier alpha value is -0.540. The van der Waals surface area contributed by atoms with Crippen LogP contribution < -0.4 is 4.74 Å². The number of hydrogen-bond donors (Lipinski definition) is 0. The van der Waals surface area contributed by atoms with Crippen molar-refractivity contribution in [3.05, 3.63) is 28.2 Å². The van der Waals surface area contributed by atoms with Gasteiger partial charge in [-0.1, -0.05) is 15.9 Å². The molecule has 1 aliphatic carbocycles. The Bertz CT molecular complexity index is 378. The van der Waals surface area contributed by atoms with E-state index in [0.717, 1.165) is 29.5 Å². The van der Waals surface area contributed by atoms with Gasteiger partial charge in [-0.15, -0.1) is 0 Å². The predicted molar refractivity (Wildman–Crippen MR) is 72.6 cm³/mol. The van der Waals surface area contributed by atoms with Gasteiger partial charge in [0.15, 0.2) is 0 Å². The highest BCUT2D eigenvalue weighted by Crippen LogP contribution is 2.27. The summed E-state index contributed by atoms with van der Waals surface area (Å²) in [5.41, 5.74) is 1.21. The lowest BCUT2D eigenvalue weighted by atomic mass is 9.95. The van der Waals surface area contributed by atoms with Crippen LogP contribution in [0.2, 0.25) is 0 Å². The summed E-state index contributed by atoms with van der Waals surface area (Å²) in [6, 6.07) is 6.15. The van der Waals surface area contributed by atoms with Gasteiger partial charge >= 0.3 is 0 Å². The molecular weight excluding hydrogens is 280 g/mol. The van der Waals surface area contributed by atoms with Crippen molar-refractivity contribution in [1.82, 2.24) is 0 Å². The zero-order valence-corrected chi connectivity index (χ0v) is 12.0. The van der Waals surface area contributed by atoms with Crippen LogP contribution >= 0.6 is 15.9 Å². The third-order valence-corrected chi connectivity index (χ3v) is 4.23. The molecule has 1 aliphatic rings. The maximum absolute atomic E-state index is 6.02. The predicted octanol–water partition coefficient (Wildman–Crippen LogP) is 4.09. The highest BCUT2D eigenvalue weighted by atomic mass is 79.9. The third kappa shape index (κ3) is 3.46. The normalized spacial score (nSPS) is 24.6. The molecule has 0 heterocycles. The van der Waals surface area contributed by atoms with Crippen molar-refractivity contribution >= 4 is 15.9 Å². The fourth-order valence-electron chi connectivity index (χ4n) is 2.31. The van der Waals surface area contributed by atoms with Crippen molar-refractivity contribution in [3.63, 3.8) is 0 Å². The van der Waals surface area contributed by atoms with Crippen molar-refractivity contribution in [2.24, 2.45) is 0 Å². The molecule has 1 aromatic rings. The first-order valence-electron chi connectivity index (χ1n) is 6.14. The summed E-state index contributed by atoms with van der Waals surface area (Å²) in [4.78, 5) is 0. The lowest BCUT2D eigenvalue weighted by molar-refractivity contribution is 0.0209. The molecule has 0 saturated heterocycles. The molecule has 1 saturated carbocycles. The topological polar surface area (TPSA) is 18.5 Å². The molecule has 0 bridgehead atoms. The monoisotopic (exact) mass is 298 g/mol. The molecule has 94 valence electrons. The summed E-state index contributed by atoms with van der Waals surface area (Å²) in [6.45, 7) is 2.08. The van der Waals surface area contributed by atoms with E-state index in [1.165, 1.54) is 12.0 Å². The Balaban J connectivity index is 1.97. The van der Waals surface area contributed by atoms with Crippen LogP contribution in [0.25, 0.3) is 0 Å². The quantitative estimate of drug-likeness (QED) is 0.837. The smallest absolute Gasteiger partial charge is 0.120 e. The molecule has 0 radical (unpaired) electrons. The Morgan fingerprint density at radius 3 is 2.71 bits per heavy atom. The average molecular weight is 299 g/mol. The molecule has 0 spiro atoms. The summed E-state index contributed by atoms with van der Waals surface area (Å²) in [7, 11) is 1.79. The van der Waals surface area contributed by atoms with Gasteiger partial charge in [0.2, 0.25) is 0 Å². The lowest BCUT2D eigenvalue weighted by Gasteiger charge is -2.28. The Morgan fingerprint density at radius 2 is 2.00 bits per heavy atom. The molecule has 2 atom stereocenters. The summed E-state index contributed by atoms with van der Waals surface area (Å²) in [6.07, 6.45) is 5.16. The van der Waals surface area contributed by atoms with E-state index in [-0.39, 0.29) is 0 Å². The summed E-state index contributed by atoms with van der Waals surface area (Å²) in [5.74, 6) is 0.965. The minimum Gasteiger partial charge on any atom is -0.490 e. The molecule has 2 nitrogen and oxygen atoms in total. The second-order valence-electron chi connectivity index (χ2n) is 4.68. The minimum absolute atomic E-state index is 0.300. The van der Waals surface area contributed by atoms with E-state index in [4.69, 9.17) is 9.47 Å². The number of halogens is 1. The van der Waals surface area contributed by atoms with Crippen LogP contribution in [0.3, 0.4) is 0 Å². The van der Waals surface area contributed by atoms with Crippen LogP contribution in [-0.2, 0) is 4.74 Å². The number of benzene rings is 1. The third-order valence-electron chi connectivity index (χ3n) is 3.34. The van der Waals surface area contributed by atoms with E-state index in [2.05, 4.69) is 28.9 Å². The lowest BCUT2D eigenvalue weighted by Crippen LogP contribution is -2.29. The highest BCUT2D eigenvalue weighted by molar-refractivity contribution is 9.10. The van der Waals surface area contributed by atoms with E-state index in [1.54, 1.807) is 7.11 Å². The zero-order chi connectivity index (χ0) is 12.3. The van der Waals surface area contributed by atoms with Gasteiger partial charge in [0, 0.05) is 18.0 Å². The molecule has 3 heteroatoms. The van der Waals surface area contributed by atoms with Gasteiger partial charge in [-0.3, -0.25) is 0 Å². The van der Waals surface area contributed by atoms with Crippen molar-refractivity contribution in [2.45, 2.75) is 44.8 Å². The Labute approximate surface area is 111 Å². The van der Waals surface area contributed by atoms with E-state index >= 15 is 0 Å². The Morgan fingerprint density at radius 1 is 1.24 bits per heavy atom. The first-order chi connectivity index (χ1) is 8.19. The molecule has 1 aromatic carbocycles. The van der Waals surface area contributed by atoms with Crippen molar-refractivity contribution in [3.8, 4) is 5.75 Å². The largest absolute Gasteiger partial charge is 0.490 e. The van der Waals surface area contributed by atoms with Crippen LogP contribution in [0.4, 0.5) is 0 Å². The van der Waals surface area contributed by atoms with Crippen molar-refractivity contribution < 1.29 is 9.47 Å². The zero-order valence-electron chi connectivity index (χ0n) is 10.4. The van der Waals surface area contributed by atoms with Crippen molar-refractivity contribution in [2.75, 3.05) is 7.11 Å². The molecule has 2 rings (SSSR count). The first kappa shape index (κ1) is 12.9. The first-order valence-corrected chi connectivity index (χ1v) is 6.94. The Kier molecular flexibility index (Phi) is 4.46. The van der Waals surface area contributed by atoms with Crippen LogP contribution in [0.1, 0.15) is 31.2 Å². The van der Waals surface area contributed by atoms with Crippen LogP contribution in [0, 0.1) is 6.92 Å². The van der Waals surface area contributed by atoms with Crippen LogP contribution in [-0.4, -0.2) is 19.3 Å². The van der Waals surface area contributed by atoms with E-state index in [0.29, 0.717) is 12.2 Å². The molecule has 17 heavy (non-hydrogen) atoms. The maximum Gasteiger partial charge on any atom is 0.120 e. The SMILES string of the molecule is COC1CCCC(Oc2ccc(Br)c(C)c2)C1. The number of ether oxygens (including phenoxy) is 2. The molecule has 0 N–H and O–H groups in total. The maximum atomic E-state index is 6.02. The van der Waals surface area contributed by atoms with Gasteiger partial charge in [0.1, 0.15) is 11.9 Å². The molecule has 2 unspecified atom stereocenters. The average Bonchev–Trinajstić information content (AvgIpc) is 2.34. The van der Waals surface area contributed by atoms with Crippen LogP contribution in [0.5, 0.6) is 5.75 Å². The summed E-state index contributed by atoms with van der Waals surface area (Å²) in [5, 5.41) is 0. The van der Waals surface area contributed by atoms with E-state index in [9.17, 15) is 0 Å². The van der Waals surface area contributed by atoms with Gasteiger partial charge < -0.3 is 9.47 Å². The fraction of sp³-hybridized carbons (Fsp3) is 0.571. The number of methoxy groups -OCH3 is 1. The second kappa shape index (κ2) is 5.87. The van der Waals surface area contributed by atoms with Gasteiger partial charge in [-0.2, -0.15) is 0 Å². The van der Waals surface area contributed by atoms with Gasteiger partial charge in [-0.05, 0) is 49.9 Å². The van der Waals surface area contributed by atoms with E-state index in [1.807, 2.05) is 12.1 Å². The number of hydrogen-bond acceptors (Lipinski definition) is 2. The molecule has 0 aliphatic heterocycles. The second-order valence-corrected chi connectivity index (χ2v) is 5.53. The van der Waals surface area contributed by atoms with Gasteiger partial charge in [-0.25, -0.2) is 0 Å². The van der Waals surface area contributed by atoms with Gasteiger partial charge in [0.25, 0.3) is 0 Å². The standard InChI is InChI=1S/C14H19BrO2/c1-10-8-13(6-7-14(10)15)17-12-5-3-4-11(9-12)16-2/h6-8,11-12H,3-5,9H2,1-2H3. The number of aryl methyl sites for hydroxylation is 1. The molecule has 0 amide bonds. The molecule has 0 aromatic heterocycles. The number of rotatable bonds is 3. The van der Waals surface area contributed by atoms with Crippen molar-refractivity contribution in [1.29, 1.82) is 0 Å². The van der Waals surface area contributed by atoms with E-state index < -0.39 is 0 Å². The van der Waals surface area contributed by atoms with Gasteiger partial charge in [0.05, 0.1) is 6.10 Å². The summed E-state index contributed by atoms with van der Waals surface area (Å²) < 4.78 is 12.6. The highest BCUT2D eigenvalue weighted by Gasteiger charge is 2.23. The molecular formula is C14H19BrO2.